The van der Waals surface area contributed by atoms with Gasteiger partial charge in [0, 0.05) is 36.0 Å². The van der Waals surface area contributed by atoms with Crippen molar-refractivity contribution in [2.24, 2.45) is 5.73 Å². The van der Waals surface area contributed by atoms with Crippen molar-refractivity contribution >= 4 is 28.6 Å². The minimum Gasteiger partial charge on any atom is -0.480 e. The van der Waals surface area contributed by atoms with Gasteiger partial charge in [0.1, 0.15) is 10.5 Å². The van der Waals surface area contributed by atoms with Crippen molar-refractivity contribution in [2.45, 2.75) is 18.5 Å². The Hall–Kier alpha value is -1.28. The molecule has 106 valence electrons. The summed E-state index contributed by atoms with van der Waals surface area (Å²) in [5, 5.41) is 16.3. The molecule has 0 saturated carbocycles. The molecule has 1 aliphatic rings. The predicted molar refractivity (Wildman–Crippen MR) is 79.9 cm³/mol. The van der Waals surface area contributed by atoms with E-state index in [2.05, 4.69) is 21.3 Å². The van der Waals surface area contributed by atoms with Crippen LogP contribution in [0.1, 0.15) is 12.1 Å². The Morgan fingerprint density at radius 3 is 3.05 bits per heavy atom. The Bertz CT molecular complexity index is 611. The summed E-state index contributed by atoms with van der Waals surface area (Å²) in [4.78, 5) is 17.8. The molecule has 20 heavy (non-hydrogen) atoms. The normalized spacial score (nSPS) is 23.2. The van der Waals surface area contributed by atoms with E-state index in [4.69, 9.17) is 10.8 Å². The number of carbonyl (C=O) groups is 1. The molecule has 3 rings (SSSR count). The first-order valence-corrected chi connectivity index (χ1v) is 8.11. The van der Waals surface area contributed by atoms with Crippen LogP contribution in [0.3, 0.4) is 0 Å². The second-order valence-corrected chi connectivity index (χ2v) is 6.72. The molecule has 0 bridgehead atoms. The lowest BCUT2D eigenvalue weighted by Crippen LogP contribution is -2.50. The Balaban J connectivity index is 1.66. The van der Waals surface area contributed by atoms with E-state index < -0.39 is 11.5 Å². The van der Waals surface area contributed by atoms with Crippen LogP contribution in [0.4, 0.5) is 0 Å². The zero-order valence-electron chi connectivity index (χ0n) is 10.8. The van der Waals surface area contributed by atoms with Gasteiger partial charge in [-0.1, -0.05) is 0 Å². The molecule has 0 aromatic carbocycles. The molecule has 0 amide bonds. The quantitative estimate of drug-likeness (QED) is 0.901. The van der Waals surface area contributed by atoms with E-state index in [1.54, 1.807) is 22.7 Å². The smallest absolute Gasteiger partial charge is 0.325 e. The molecule has 1 saturated heterocycles. The van der Waals surface area contributed by atoms with Gasteiger partial charge in [-0.25, -0.2) is 4.98 Å². The lowest BCUT2D eigenvalue weighted by Gasteiger charge is -2.19. The van der Waals surface area contributed by atoms with E-state index in [0.717, 1.165) is 16.3 Å². The molecule has 1 atom stereocenters. The first kappa shape index (κ1) is 13.7. The van der Waals surface area contributed by atoms with Crippen LogP contribution in [0, 0.1) is 0 Å². The number of carboxylic acids is 1. The van der Waals surface area contributed by atoms with Crippen LogP contribution >= 0.6 is 22.7 Å². The van der Waals surface area contributed by atoms with Crippen molar-refractivity contribution in [3.8, 4) is 10.6 Å². The molecule has 1 aliphatic heterocycles. The van der Waals surface area contributed by atoms with Crippen LogP contribution in [-0.4, -0.2) is 39.6 Å². The maximum absolute atomic E-state index is 11.1. The second-order valence-electron chi connectivity index (χ2n) is 5.08. The monoisotopic (exact) mass is 309 g/mol. The molecule has 1 fully saturated rings. The summed E-state index contributed by atoms with van der Waals surface area (Å²) in [5.41, 5.74) is 6.89. The van der Waals surface area contributed by atoms with Crippen LogP contribution < -0.4 is 5.73 Å². The van der Waals surface area contributed by atoms with Crippen molar-refractivity contribution in [1.82, 2.24) is 9.88 Å². The summed E-state index contributed by atoms with van der Waals surface area (Å²) in [5.74, 6) is -0.919. The number of hydrogen-bond acceptors (Lipinski definition) is 6. The molecule has 0 aliphatic carbocycles. The fraction of sp³-hybridized carbons (Fsp3) is 0.385. The minimum absolute atomic E-state index is 0.383. The fourth-order valence-electron chi connectivity index (χ4n) is 2.35. The molecule has 2 aromatic rings. The Kier molecular flexibility index (Phi) is 3.59. The third-order valence-electron chi connectivity index (χ3n) is 3.51. The molecule has 5 nitrogen and oxygen atoms in total. The molecule has 1 unspecified atom stereocenters. The van der Waals surface area contributed by atoms with E-state index in [0.29, 0.717) is 26.1 Å². The van der Waals surface area contributed by atoms with Gasteiger partial charge in [-0.3, -0.25) is 9.69 Å². The Morgan fingerprint density at radius 1 is 1.55 bits per heavy atom. The fourth-order valence-corrected chi connectivity index (χ4v) is 3.87. The first-order chi connectivity index (χ1) is 9.57. The number of nitrogens with zero attached hydrogens (tertiary/aromatic N) is 2. The van der Waals surface area contributed by atoms with Gasteiger partial charge in [0.05, 0.1) is 5.69 Å². The van der Waals surface area contributed by atoms with Crippen LogP contribution in [0.5, 0.6) is 0 Å². The maximum Gasteiger partial charge on any atom is 0.325 e. The van der Waals surface area contributed by atoms with Crippen molar-refractivity contribution in [3.05, 3.63) is 27.9 Å². The van der Waals surface area contributed by atoms with Gasteiger partial charge >= 0.3 is 5.97 Å². The zero-order chi connectivity index (χ0) is 14.2. The highest BCUT2D eigenvalue weighted by atomic mass is 32.1. The SMILES string of the molecule is NC1(C(=O)O)CCN(Cc2csc(-c3ccsc3)n2)C1. The first-order valence-electron chi connectivity index (χ1n) is 6.28. The number of aliphatic carboxylic acids is 1. The molecular formula is C13H15N3O2S2. The number of nitrogens with two attached hydrogens (primary N) is 1. The zero-order valence-corrected chi connectivity index (χ0v) is 12.4. The van der Waals surface area contributed by atoms with Gasteiger partial charge in [-0.05, 0) is 17.9 Å². The third-order valence-corrected chi connectivity index (χ3v) is 5.13. The highest BCUT2D eigenvalue weighted by Crippen LogP contribution is 2.27. The minimum atomic E-state index is -1.10. The van der Waals surface area contributed by atoms with Crippen LogP contribution in [0.15, 0.2) is 22.2 Å². The van der Waals surface area contributed by atoms with Crippen LogP contribution in [-0.2, 0) is 11.3 Å². The maximum atomic E-state index is 11.1. The van der Waals surface area contributed by atoms with E-state index in [1.807, 2.05) is 10.8 Å². The highest BCUT2D eigenvalue weighted by Gasteiger charge is 2.41. The molecule has 3 heterocycles. The highest BCUT2D eigenvalue weighted by molar-refractivity contribution is 7.14. The number of rotatable bonds is 4. The van der Waals surface area contributed by atoms with Crippen LogP contribution in [0.2, 0.25) is 0 Å². The van der Waals surface area contributed by atoms with Gasteiger partial charge in [-0.15, -0.1) is 11.3 Å². The topological polar surface area (TPSA) is 79.5 Å². The van der Waals surface area contributed by atoms with Crippen molar-refractivity contribution in [3.63, 3.8) is 0 Å². The van der Waals surface area contributed by atoms with Gasteiger partial charge < -0.3 is 10.8 Å². The molecule has 0 spiro atoms. The molecular weight excluding hydrogens is 294 g/mol. The molecule has 3 N–H and O–H groups in total. The lowest BCUT2D eigenvalue weighted by molar-refractivity contribution is -0.142. The summed E-state index contributed by atoms with van der Waals surface area (Å²) in [6.07, 6.45) is 0.490. The van der Waals surface area contributed by atoms with Gasteiger partial charge in [0.25, 0.3) is 0 Å². The summed E-state index contributed by atoms with van der Waals surface area (Å²) in [6.45, 7) is 1.74. The summed E-state index contributed by atoms with van der Waals surface area (Å²) in [7, 11) is 0. The van der Waals surface area contributed by atoms with Gasteiger partial charge in [0.15, 0.2) is 0 Å². The van der Waals surface area contributed by atoms with Gasteiger partial charge in [-0.2, -0.15) is 11.3 Å². The largest absolute Gasteiger partial charge is 0.480 e. The lowest BCUT2D eigenvalue weighted by atomic mass is 10.0. The van der Waals surface area contributed by atoms with E-state index in [1.165, 1.54) is 0 Å². The number of thiazole rings is 1. The van der Waals surface area contributed by atoms with E-state index in [9.17, 15) is 4.79 Å². The van der Waals surface area contributed by atoms with Crippen molar-refractivity contribution in [2.75, 3.05) is 13.1 Å². The van der Waals surface area contributed by atoms with Crippen LogP contribution in [0.25, 0.3) is 10.6 Å². The standard InChI is InChI=1S/C13H15N3O2S2/c14-13(12(17)18)2-3-16(8-13)5-10-7-20-11(15-10)9-1-4-19-6-9/h1,4,6-7H,2-3,5,8,14H2,(H,17,18). The molecule has 0 radical (unpaired) electrons. The Morgan fingerprint density at radius 2 is 2.40 bits per heavy atom. The number of carboxylic acid groups (broad SMARTS) is 1. The average molecular weight is 309 g/mol. The van der Waals surface area contributed by atoms with E-state index >= 15 is 0 Å². The summed E-state index contributed by atoms with van der Waals surface area (Å²) >= 11 is 3.27. The third kappa shape index (κ3) is 2.62. The molecule has 2 aromatic heterocycles. The predicted octanol–water partition coefficient (Wildman–Crippen LogP) is 1.86. The number of likely N-dealkylation sites (tertiary alicyclic amines) is 1. The number of aromatic nitrogens is 1. The van der Waals surface area contributed by atoms with E-state index in [-0.39, 0.29) is 0 Å². The van der Waals surface area contributed by atoms with Crippen molar-refractivity contribution < 1.29 is 9.90 Å². The van der Waals surface area contributed by atoms with Gasteiger partial charge in [0.2, 0.25) is 0 Å². The second kappa shape index (κ2) is 5.25. The van der Waals surface area contributed by atoms with Crippen molar-refractivity contribution in [1.29, 1.82) is 0 Å². The summed E-state index contributed by atoms with van der Waals surface area (Å²) in [6, 6.07) is 2.05. The average Bonchev–Trinajstić information content (AvgIpc) is 3.10. The number of hydrogen-bond donors (Lipinski definition) is 2. The Labute approximate surface area is 124 Å². The number of thiophene rings is 1. The summed E-state index contributed by atoms with van der Waals surface area (Å²) < 4.78 is 0. The molecule has 7 heteroatoms.